The third-order valence-electron chi connectivity index (χ3n) is 6.18. The van der Waals surface area contributed by atoms with Crippen LogP contribution in [-0.4, -0.2) is 28.1 Å². The first-order valence-corrected chi connectivity index (χ1v) is 11.2. The van der Waals surface area contributed by atoms with E-state index >= 15 is 0 Å². The van der Waals surface area contributed by atoms with Gasteiger partial charge in [-0.2, -0.15) is 0 Å². The molecular weight excluding hydrogens is 384 g/mol. The van der Waals surface area contributed by atoms with Crippen LogP contribution in [0.4, 0.5) is 0 Å². The summed E-state index contributed by atoms with van der Waals surface area (Å²) in [6, 6.07) is 18.5. The van der Waals surface area contributed by atoms with E-state index < -0.39 is 0 Å². The monoisotopic (exact) mass is 414 g/mol. The van der Waals surface area contributed by atoms with Crippen LogP contribution in [0.25, 0.3) is 10.9 Å². The van der Waals surface area contributed by atoms with Crippen molar-refractivity contribution >= 4 is 22.4 Å². The molecule has 1 atom stereocenters. The fourth-order valence-corrected chi connectivity index (χ4v) is 4.65. The van der Waals surface area contributed by atoms with E-state index in [0.29, 0.717) is 31.4 Å². The zero-order chi connectivity index (χ0) is 21.8. The molecule has 3 aromatic rings. The minimum absolute atomic E-state index is 0.00748. The molecule has 31 heavy (non-hydrogen) atoms. The standard InChI is InChI=1S/C27H30N2O2/c1-3-9-25(30)27-24(16-20(17-26(27)31)19-10-5-4-6-11-19)28-15-14-21-18(2)29-23-13-8-7-12-22(21)23/h4-8,10-13,20,29-30H,3,9,14-17H2,1-2H3/t20-/m0/s1. The van der Waals surface area contributed by atoms with Crippen LogP contribution in [0.2, 0.25) is 0 Å². The Kier molecular flexibility index (Phi) is 6.36. The summed E-state index contributed by atoms with van der Waals surface area (Å²) in [7, 11) is 0. The van der Waals surface area contributed by atoms with Crippen LogP contribution in [0.15, 0.2) is 70.9 Å². The van der Waals surface area contributed by atoms with Gasteiger partial charge in [-0.15, -0.1) is 0 Å². The van der Waals surface area contributed by atoms with E-state index in [2.05, 4.69) is 42.2 Å². The molecule has 0 amide bonds. The van der Waals surface area contributed by atoms with Crippen molar-refractivity contribution < 1.29 is 9.90 Å². The average molecular weight is 415 g/mol. The molecule has 2 aromatic carbocycles. The number of aliphatic imine (C=N–C) groups is 1. The number of aryl methyl sites for hydroxylation is 1. The van der Waals surface area contributed by atoms with Crippen LogP contribution in [-0.2, 0) is 11.2 Å². The van der Waals surface area contributed by atoms with Crippen LogP contribution in [0, 0.1) is 6.92 Å². The molecule has 0 radical (unpaired) electrons. The SMILES string of the molecule is CCCC(O)=C1C(=O)C[C@@H](c2ccccc2)CC1=NCCc1c(C)[nH]c2ccccc12. The number of allylic oxidation sites excluding steroid dienone is 2. The van der Waals surface area contributed by atoms with Crippen molar-refractivity contribution in [2.45, 2.75) is 51.9 Å². The Balaban J connectivity index is 1.62. The highest BCUT2D eigenvalue weighted by molar-refractivity contribution is 6.24. The molecule has 0 bridgehead atoms. The first-order chi connectivity index (χ1) is 15.1. The largest absolute Gasteiger partial charge is 0.511 e. The van der Waals surface area contributed by atoms with Gasteiger partial charge in [0.2, 0.25) is 0 Å². The van der Waals surface area contributed by atoms with E-state index in [1.165, 1.54) is 10.9 Å². The first-order valence-electron chi connectivity index (χ1n) is 11.2. The van der Waals surface area contributed by atoms with E-state index in [-0.39, 0.29) is 17.5 Å². The third-order valence-corrected chi connectivity index (χ3v) is 6.18. The summed E-state index contributed by atoms with van der Waals surface area (Å²) in [5, 5.41) is 11.8. The molecular formula is C27H30N2O2. The summed E-state index contributed by atoms with van der Waals surface area (Å²) in [6.07, 6.45) is 3.22. The second kappa shape index (κ2) is 9.34. The number of nitrogens with one attached hydrogen (secondary N) is 1. The molecule has 4 heteroatoms. The lowest BCUT2D eigenvalue weighted by Gasteiger charge is -2.26. The summed E-state index contributed by atoms with van der Waals surface area (Å²) in [4.78, 5) is 21.3. The number of carbonyl (C=O) groups excluding carboxylic acids is 1. The number of fused-ring (bicyclic) bond motifs is 1. The zero-order valence-corrected chi connectivity index (χ0v) is 18.3. The third kappa shape index (κ3) is 4.48. The molecule has 1 aliphatic rings. The van der Waals surface area contributed by atoms with Gasteiger partial charge in [-0.25, -0.2) is 0 Å². The second-order valence-electron chi connectivity index (χ2n) is 8.36. The summed E-state index contributed by atoms with van der Waals surface area (Å²) in [5.41, 5.74) is 5.95. The van der Waals surface area contributed by atoms with Crippen LogP contribution >= 0.6 is 0 Å². The molecule has 2 N–H and O–H groups in total. The molecule has 0 unspecified atom stereocenters. The Labute approximate surface area is 183 Å². The Morgan fingerprint density at radius 1 is 1.10 bits per heavy atom. The number of aliphatic hydroxyl groups is 1. The number of benzene rings is 2. The minimum atomic E-state index is 0.00748. The van der Waals surface area contributed by atoms with Crippen molar-refractivity contribution in [2.24, 2.45) is 4.99 Å². The molecule has 1 heterocycles. The summed E-state index contributed by atoms with van der Waals surface area (Å²) in [6.45, 7) is 4.69. The molecule has 160 valence electrons. The van der Waals surface area contributed by atoms with E-state index in [9.17, 15) is 9.90 Å². The van der Waals surface area contributed by atoms with Gasteiger partial charge in [-0.1, -0.05) is 55.5 Å². The Bertz CT molecular complexity index is 1140. The van der Waals surface area contributed by atoms with Gasteiger partial charge in [-0.3, -0.25) is 9.79 Å². The molecule has 4 rings (SSSR count). The topological polar surface area (TPSA) is 65.4 Å². The van der Waals surface area contributed by atoms with Gasteiger partial charge in [0.1, 0.15) is 5.76 Å². The zero-order valence-electron chi connectivity index (χ0n) is 18.3. The number of H-pyrrole nitrogens is 1. The second-order valence-corrected chi connectivity index (χ2v) is 8.36. The lowest BCUT2D eigenvalue weighted by molar-refractivity contribution is -0.116. The average Bonchev–Trinajstić information content (AvgIpc) is 3.09. The van der Waals surface area contributed by atoms with Crippen molar-refractivity contribution in [1.29, 1.82) is 0 Å². The Hall–Kier alpha value is -3.14. The number of ketones is 1. The van der Waals surface area contributed by atoms with Gasteiger partial charge in [0.05, 0.1) is 5.57 Å². The van der Waals surface area contributed by atoms with Gasteiger partial charge in [0.25, 0.3) is 0 Å². The maximum absolute atomic E-state index is 13.0. The molecule has 1 saturated carbocycles. The van der Waals surface area contributed by atoms with Crippen LogP contribution in [0.1, 0.15) is 55.3 Å². The number of aliphatic hydroxyl groups excluding tert-OH is 1. The fraction of sp³-hybridized carbons (Fsp3) is 0.333. The summed E-state index contributed by atoms with van der Waals surface area (Å²) in [5.74, 6) is 0.314. The molecule has 1 aromatic heterocycles. The number of Topliss-reactive ketones (excluding diaryl/α,β-unsaturated/α-hetero) is 1. The predicted molar refractivity (Wildman–Crippen MR) is 127 cm³/mol. The number of hydrogen-bond acceptors (Lipinski definition) is 3. The van der Waals surface area contributed by atoms with Crippen molar-refractivity contribution in [3.05, 3.63) is 82.8 Å². The summed E-state index contributed by atoms with van der Waals surface area (Å²) < 4.78 is 0. The lowest BCUT2D eigenvalue weighted by Crippen LogP contribution is -2.27. The fourth-order valence-electron chi connectivity index (χ4n) is 4.65. The molecule has 0 aliphatic heterocycles. The van der Waals surface area contributed by atoms with E-state index in [1.807, 2.05) is 31.2 Å². The highest BCUT2D eigenvalue weighted by Gasteiger charge is 2.32. The molecule has 1 aliphatic carbocycles. The molecule has 4 nitrogen and oxygen atoms in total. The van der Waals surface area contributed by atoms with E-state index in [0.717, 1.165) is 35.3 Å². The number of hydrogen-bond donors (Lipinski definition) is 2. The number of nitrogens with zero attached hydrogens (tertiary/aromatic N) is 1. The van der Waals surface area contributed by atoms with Crippen LogP contribution < -0.4 is 0 Å². The van der Waals surface area contributed by atoms with Gasteiger partial charge < -0.3 is 10.1 Å². The van der Waals surface area contributed by atoms with E-state index in [1.54, 1.807) is 0 Å². The molecule has 1 fully saturated rings. The maximum atomic E-state index is 13.0. The number of carbonyl (C=O) groups is 1. The maximum Gasteiger partial charge on any atom is 0.168 e. The van der Waals surface area contributed by atoms with Gasteiger partial charge in [0.15, 0.2) is 5.78 Å². The minimum Gasteiger partial charge on any atom is -0.511 e. The van der Waals surface area contributed by atoms with Gasteiger partial charge >= 0.3 is 0 Å². The quantitative estimate of drug-likeness (QED) is 0.371. The van der Waals surface area contributed by atoms with E-state index in [4.69, 9.17) is 4.99 Å². The van der Waals surface area contributed by atoms with Crippen molar-refractivity contribution in [1.82, 2.24) is 4.98 Å². The highest BCUT2D eigenvalue weighted by Crippen LogP contribution is 2.34. The summed E-state index contributed by atoms with van der Waals surface area (Å²) >= 11 is 0. The van der Waals surface area contributed by atoms with Crippen molar-refractivity contribution in [2.75, 3.05) is 6.54 Å². The van der Waals surface area contributed by atoms with Gasteiger partial charge in [0, 0.05) is 41.7 Å². The Morgan fingerprint density at radius 3 is 2.61 bits per heavy atom. The number of para-hydroxylation sites is 1. The number of rotatable bonds is 6. The number of aromatic amines is 1. The van der Waals surface area contributed by atoms with Crippen molar-refractivity contribution in [3.63, 3.8) is 0 Å². The molecule has 0 saturated heterocycles. The molecule has 0 spiro atoms. The highest BCUT2D eigenvalue weighted by atomic mass is 16.3. The predicted octanol–water partition coefficient (Wildman–Crippen LogP) is 6.22. The first kappa shape index (κ1) is 21.1. The van der Waals surface area contributed by atoms with Crippen molar-refractivity contribution in [3.8, 4) is 0 Å². The smallest absolute Gasteiger partial charge is 0.168 e. The lowest BCUT2D eigenvalue weighted by atomic mass is 9.78. The Morgan fingerprint density at radius 2 is 1.84 bits per heavy atom. The van der Waals surface area contributed by atoms with Gasteiger partial charge in [-0.05, 0) is 49.3 Å². The number of aromatic nitrogens is 1. The van der Waals surface area contributed by atoms with Crippen LogP contribution in [0.3, 0.4) is 0 Å². The normalized spacial score (nSPS) is 19.9. The van der Waals surface area contributed by atoms with Crippen LogP contribution in [0.5, 0.6) is 0 Å².